The third-order valence-electron chi connectivity index (χ3n) is 12.4. The molecule has 0 bridgehead atoms. The van der Waals surface area contributed by atoms with Gasteiger partial charge in [-0.15, -0.1) is 0 Å². The Hall–Kier alpha value is -4.65. The summed E-state index contributed by atoms with van der Waals surface area (Å²) in [5.41, 5.74) is -8.71. The van der Waals surface area contributed by atoms with Gasteiger partial charge in [0.15, 0.2) is 35.2 Å². The molecule has 22 heteroatoms. The molecule has 9 atom stereocenters. The van der Waals surface area contributed by atoms with Crippen molar-refractivity contribution in [1.82, 2.24) is 10.8 Å². The minimum atomic E-state index is -2.55. The average molecular weight is 859 g/mol. The second-order valence-electron chi connectivity index (χ2n) is 15.7. The SMILES string of the molecule is C[C@@H]1CC2C3C[C@H](F)C4=CC(=O)C=C[C@]4(C)[C@@]3(F)[C@@H](O)C[C@]2(C)[C@@]1(OC(=O)CCCON(O)O)C(=O)COC(=O)Oc1cc(C(=O)OCCCCON(O)O)cc(O)c1O. The van der Waals surface area contributed by atoms with Gasteiger partial charge in [0.25, 0.3) is 0 Å². The number of halogens is 2. The van der Waals surface area contributed by atoms with Crippen molar-refractivity contribution in [2.75, 3.05) is 26.4 Å². The summed E-state index contributed by atoms with van der Waals surface area (Å²) in [6.07, 6.45) is -3.15. The second-order valence-corrected chi connectivity index (χ2v) is 15.7. The fraction of sp³-hybridized carbons (Fsp3) is 0.605. The normalized spacial score (nSPS) is 31.8. The van der Waals surface area contributed by atoms with E-state index in [1.807, 2.05) is 0 Å². The molecule has 0 heterocycles. The van der Waals surface area contributed by atoms with Crippen molar-refractivity contribution < 1.29 is 97.5 Å². The highest BCUT2D eigenvalue weighted by atomic mass is 19.1. The van der Waals surface area contributed by atoms with Gasteiger partial charge >= 0.3 is 18.1 Å². The molecule has 5 rings (SSSR count). The molecule has 1 aromatic rings. The van der Waals surface area contributed by atoms with Crippen LogP contribution in [0.1, 0.15) is 76.1 Å². The van der Waals surface area contributed by atoms with Crippen LogP contribution in [0.3, 0.4) is 0 Å². The van der Waals surface area contributed by atoms with Crippen LogP contribution >= 0.6 is 0 Å². The number of nitrogens with zero attached hydrogens (tertiary/aromatic N) is 2. The summed E-state index contributed by atoms with van der Waals surface area (Å²) >= 11 is 0. The highest BCUT2D eigenvalue weighted by Gasteiger charge is 2.78. The molecule has 1 aromatic carbocycles. The Morgan fingerprint density at radius 3 is 2.23 bits per heavy atom. The Kier molecular flexibility index (Phi) is 14.0. The van der Waals surface area contributed by atoms with Crippen LogP contribution in [0.15, 0.2) is 35.9 Å². The first-order valence-corrected chi connectivity index (χ1v) is 19.0. The number of hydrogen-bond donors (Lipinski definition) is 7. The van der Waals surface area contributed by atoms with Gasteiger partial charge in [-0.1, -0.05) is 19.9 Å². The monoisotopic (exact) mass is 858 g/mol. The first-order chi connectivity index (χ1) is 28.1. The second kappa shape index (κ2) is 18.1. The van der Waals surface area contributed by atoms with Crippen molar-refractivity contribution in [1.29, 1.82) is 0 Å². The van der Waals surface area contributed by atoms with E-state index >= 15 is 8.78 Å². The smallest absolute Gasteiger partial charge is 0.504 e. The van der Waals surface area contributed by atoms with Crippen LogP contribution in [0.2, 0.25) is 0 Å². The summed E-state index contributed by atoms with van der Waals surface area (Å²) in [5.74, 6) is -9.50. The van der Waals surface area contributed by atoms with E-state index in [1.165, 1.54) is 26.8 Å². The molecule has 0 spiro atoms. The molecule has 3 fully saturated rings. The van der Waals surface area contributed by atoms with Crippen LogP contribution < -0.4 is 4.74 Å². The number of carbonyl (C=O) groups excluding carboxylic acids is 5. The number of phenolic OH excluding ortho intramolecular Hbond substituents is 2. The maximum Gasteiger partial charge on any atom is 0.514 e. The van der Waals surface area contributed by atoms with Crippen LogP contribution in [-0.2, 0) is 38.3 Å². The number of benzene rings is 1. The quantitative estimate of drug-likeness (QED) is 0.0293. The molecular weight excluding hydrogens is 810 g/mol. The first kappa shape index (κ1) is 46.4. The van der Waals surface area contributed by atoms with Gasteiger partial charge in [-0.3, -0.25) is 44.9 Å². The summed E-state index contributed by atoms with van der Waals surface area (Å²) in [4.78, 5) is 74.8. The van der Waals surface area contributed by atoms with E-state index in [4.69, 9.17) is 39.8 Å². The van der Waals surface area contributed by atoms with Gasteiger partial charge < -0.3 is 34.3 Å². The number of aliphatic hydroxyl groups is 1. The predicted molar refractivity (Wildman–Crippen MR) is 190 cm³/mol. The summed E-state index contributed by atoms with van der Waals surface area (Å²) in [6, 6.07) is 1.64. The number of ketones is 2. The molecular formula is C38H48F2N2O18. The number of carbonyl (C=O) groups is 5. The highest BCUT2D eigenvalue weighted by molar-refractivity contribution is 6.01. The number of allylic oxidation sites excluding steroid dienone is 4. The maximum absolute atomic E-state index is 17.8. The van der Waals surface area contributed by atoms with Crippen molar-refractivity contribution in [3.05, 3.63) is 41.5 Å². The molecule has 4 aliphatic rings. The lowest BCUT2D eigenvalue weighted by Crippen LogP contribution is -2.71. The van der Waals surface area contributed by atoms with Crippen molar-refractivity contribution in [2.24, 2.45) is 28.6 Å². The van der Waals surface area contributed by atoms with Crippen molar-refractivity contribution in [2.45, 2.75) is 89.3 Å². The van der Waals surface area contributed by atoms with Gasteiger partial charge in [-0.05, 0) is 81.2 Å². The summed E-state index contributed by atoms with van der Waals surface area (Å²) in [6.45, 7) is 2.55. The van der Waals surface area contributed by atoms with Crippen molar-refractivity contribution in [3.63, 3.8) is 0 Å². The minimum Gasteiger partial charge on any atom is -0.504 e. The Labute approximate surface area is 340 Å². The number of hydrogen-bond acceptors (Lipinski definition) is 20. The molecule has 7 N–H and O–H groups in total. The topological polar surface area (TPSA) is 289 Å². The lowest BCUT2D eigenvalue weighted by atomic mass is 9.44. The number of phenols is 2. The van der Waals surface area contributed by atoms with E-state index in [0.717, 1.165) is 24.3 Å². The van der Waals surface area contributed by atoms with E-state index < -0.39 is 136 Å². The fourth-order valence-electron chi connectivity index (χ4n) is 9.72. The number of unbranched alkanes of at least 4 members (excludes halogenated alkanes) is 1. The van der Waals surface area contributed by atoms with E-state index in [0.29, 0.717) is 0 Å². The van der Waals surface area contributed by atoms with Crippen LogP contribution in [0.25, 0.3) is 0 Å². The zero-order chi connectivity index (χ0) is 44.4. The van der Waals surface area contributed by atoms with Gasteiger partial charge in [0, 0.05) is 29.1 Å². The third kappa shape index (κ3) is 8.60. The zero-order valence-electron chi connectivity index (χ0n) is 32.8. The van der Waals surface area contributed by atoms with E-state index in [-0.39, 0.29) is 56.6 Å². The minimum absolute atomic E-state index is 0.0334. The summed E-state index contributed by atoms with van der Waals surface area (Å²) in [7, 11) is 0. The standard InChI is InChI=1S/C38H48F2N2O18/c1-20-13-23-24-17-26(39)25-16-22(43)8-9-35(25,2)37(24,40)29(45)18-36(23,3)38(20,60-31(47)7-6-12-58-42(53)54)30(46)19-56-34(50)59-28-15-21(14-27(44)32(28)48)33(49)55-10-4-5-11-57-41(51)52/h8-9,14-16,20,23-24,26,29,44-45,48,51-54H,4-7,10-13,17-19H2,1-3H3/t20-,23?,24?,26+,29+,35+,36+,37+,38+/m1/s1. The highest BCUT2D eigenvalue weighted by Crippen LogP contribution is 2.71. The molecule has 0 amide bonds. The first-order valence-electron chi connectivity index (χ1n) is 19.0. The van der Waals surface area contributed by atoms with Crippen LogP contribution in [-0.4, -0.2) is 127 Å². The lowest BCUT2D eigenvalue weighted by molar-refractivity contribution is -0.492. The average Bonchev–Trinajstić information content (AvgIpc) is 3.39. The lowest BCUT2D eigenvalue weighted by Gasteiger charge is -2.63. The van der Waals surface area contributed by atoms with E-state index in [1.54, 1.807) is 0 Å². The van der Waals surface area contributed by atoms with Gasteiger partial charge in [-0.2, -0.15) is 0 Å². The van der Waals surface area contributed by atoms with E-state index in [2.05, 4.69) is 9.68 Å². The van der Waals surface area contributed by atoms with Crippen molar-refractivity contribution in [3.8, 4) is 17.2 Å². The van der Waals surface area contributed by atoms with Gasteiger partial charge in [0.05, 0.1) is 42.3 Å². The number of esters is 2. The third-order valence-corrected chi connectivity index (χ3v) is 12.4. The fourth-order valence-corrected chi connectivity index (χ4v) is 9.72. The molecule has 332 valence electrons. The Bertz CT molecular complexity index is 1890. The largest absolute Gasteiger partial charge is 0.514 e. The molecule has 20 nitrogen and oxygen atoms in total. The number of Topliss-reactive ketones (excluding diaryl/α,β-unsaturated/α-hetero) is 1. The molecule has 3 saturated carbocycles. The summed E-state index contributed by atoms with van der Waals surface area (Å²) < 4.78 is 55.1. The predicted octanol–water partition coefficient (Wildman–Crippen LogP) is 3.77. The molecule has 60 heavy (non-hydrogen) atoms. The Balaban J connectivity index is 1.38. The number of alkyl halides is 2. The number of aromatic hydroxyl groups is 2. The molecule has 0 aromatic heterocycles. The van der Waals surface area contributed by atoms with Gasteiger partial charge in [-0.25, -0.2) is 18.4 Å². The van der Waals surface area contributed by atoms with Crippen molar-refractivity contribution >= 4 is 29.7 Å². The summed E-state index contributed by atoms with van der Waals surface area (Å²) in [5, 5.41) is 66.1. The molecule has 0 radical (unpaired) electrons. The Morgan fingerprint density at radius 1 is 0.917 bits per heavy atom. The number of fused-ring (bicyclic) bond motifs is 5. The number of ether oxygens (including phenoxy) is 4. The van der Waals surface area contributed by atoms with Gasteiger partial charge in [0.1, 0.15) is 6.17 Å². The van der Waals surface area contributed by atoms with Crippen LogP contribution in [0.4, 0.5) is 13.6 Å². The molecule has 4 aliphatic carbocycles. The zero-order valence-corrected chi connectivity index (χ0v) is 32.8. The van der Waals surface area contributed by atoms with Crippen LogP contribution in [0, 0.1) is 28.6 Å². The van der Waals surface area contributed by atoms with Gasteiger partial charge in [0.2, 0.25) is 11.5 Å². The molecule has 0 aliphatic heterocycles. The number of aliphatic hydroxyl groups excluding tert-OH is 1. The molecule has 2 unspecified atom stereocenters. The molecule has 0 saturated heterocycles. The Morgan fingerprint density at radius 2 is 1.57 bits per heavy atom. The van der Waals surface area contributed by atoms with E-state index in [9.17, 15) is 39.3 Å². The maximum atomic E-state index is 17.8. The van der Waals surface area contributed by atoms with Crippen LogP contribution in [0.5, 0.6) is 17.2 Å². The number of rotatable bonds is 17.